The number of unbranched alkanes of at least 4 members (excludes halogenated alkanes) is 1. The smallest absolute Gasteiger partial charge is 0.314 e. The van der Waals surface area contributed by atoms with Gasteiger partial charge in [0.05, 0.1) is 17.9 Å². The third-order valence-electron chi connectivity index (χ3n) is 4.22. The van der Waals surface area contributed by atoms with Crippen LogP contribution in [0.1, 0.15) is 26.7 Å². The molecule has 0 spiro atoms. The van der Waals surface area contributed by atoms with Crippen molar-refractivity contribution in [3.05, 3.63) is 24.3 Å². The summed E-state index contributed by atoms with van der Waals surface area (Å²) in [6, 6.07) is 8.11. The van der Waals surface area contributed by atoms with E-state index in [1.807, 2.05) is 32.0 Å². The molecule has 7 heteroatoms. The van der Waals surface area contributed by atoms with E-state index in [1.165, 1.54) is 0 Å². The number of anilines is 3. The maximum atomic E-state index is 11.6. The molecule has 2 aromatic rings. The van der Waals surface area contributed by atoms with Crippen LogP contribution in [0.15, 0.2) is 24.3 Å². The highest BCUT2D eigenvalue weighted by atomic mass is 16.2. The molecule has 0 radical (unpaired) electrons. The number of urea groups is 1. The normalized spacial score (nSPS) is 13.0. The summed E-state index contributed by atoms with van der Waals surface area (Å²) in [5, 5.41) is 10.2. The van der Waals surface area contributed by atoms with Gasteiger partial charge in [0.25, 0.3) is 0 Å². The van der Waals surface area contributed by atoms with E-state index in [-0.39, 0.29) is 12.1 Å². The van der Waals surface area contributed by atoms with Crippen LogP contribution < -0.4 is 26.6 Å². The fraction of sp³-hybridized carbons (Fsp3) is 0.444. The van der Waals surface area contributed by atoms with E-state index in [2.05, 4.69) is 31.9 Å². The molecule has 3 rings (SSSR count). The summed E-state index contributed by atoms with van der Waals surface area (Å²) in [6.45, 7) is 6.20. The van der Waals surface area contributed by atoms with E-state index in [0.717, 1.165) is 48.3 Å². The molecular weight excluding hydrogens is 316 g/mol. The molecule has 5 N–H and O–H groups in total. The van der Waals surface area contributed by atoms with Crippen molar-refractivity contribution in [1.82, 2.24) is 15.6 Å². The average molecular weight is 342 g/mol. The number of carbonyl (C=O) groups is 1. The van der Waals surface area contributed by atoms with Gasteiger partial charge in [-0.2, -0.15) is 0 Å². The van der Waals surface area contributed by atoms with Crippen molar-refractivity contribution in [2.75, 3.05) is 35.7 Å². The fourth-order valence-electron chi connectivity index (χ4n) is 3.10. The predicted octanol–water partition coefficient (Wildman–Crippen LogP) is 2.49. The first-order valence-electron chi connectivity index (χ1n) is 8.77. The third-order valence-corrected chi connectivity index (χ3v) is 4.22. The van der Waals surface area contributed by atoms with Gasteiger partial charge in [-0.05, 0) is 32.8 Å². The van der Waals surface area contributed by atoms with Gasteiger partial charge in [-0.25, -0.2) is 9.78 Å². The summed E-state index contributed by atoms with van der Waals surface area (Å²) in [6.07, 6.45) is 1.91. The summed E-state index contributed by atoms with van der Waals surface area (Å²) < 4.78 is 0. The largest absolute Gasteiger partial charge is 0.382 e. The molecule has 2 heterocycles. The van der Waals surface area contributed by atoms with Crippen molar-refractivity contribution in [2.24, 2.45) is 0 Å². The van der Waals surface area contributed by atoms with Crippen LogP contribution in [0.4, 0.5) is 22.0 Å². The summed E-state index contributed by atoms with van der Waals surface area (Å²) >= 11 is 0. The first-order chi connectivity index (χ1) is 12.1. The minimum absolute atomic E-state index is 0.104. The number of benzene rings is 1. The van der Waals surface area contributed by atoms with Crippen LogP contribution in [0.5, 0.6) is 0 Å². The second-order valence-electron chi connectivity index (χ2n) is 6.60. The Morgan fingerprint density at radius 1 is 1.36 bits per heavy atom. The molecule has 1 aliphatic rings. The van der Waals surface area contributed by atoms with Crippen molar-refractivity contribution in [3.63, 3.8) is 0 Å². The summed E-state index contributed by atoms with van der Waals surface area (Å²) in [7, 11) is 0. The van der Waals surface area contributed by atoms with Gasteiger partial charge < -0.3 is 26.6 Å². The molecule has 1 aromatic heterocycles. The maximum Gasteiger partial charge on any atom is 0.314 e. The lowest BCUT2D eigenvalue weighted by Gasteiger charge is -2.19. The van der Waals surface area contributed by atoms with E-state index < -0.39 is 0 Å². The lowest BCUT2D eigenvalue weighted by atomic mass is 10.1. The Morgan fingerprint density at radius 3 is 2.96 bits per heavy atom. The number of nitrogens with two attached hydrogens (primary N) is 1. The van der Waals surface area contributed by atoms with Gasteiger partial charge in [-0.1, -0.05) is 18.2 Å². The van der Waals surface area contributed by atoms with Crippen molar-refractivity contribution >= 4 is 34.1 Å². The lowest BCUT2D eigenvalue weighted by molar-refractivity contribution is 0.238. The highest BCUT2D eigenvalue weighted by molar-refractivity contribution is 6.03. The standard InChI is InChI=1S/C18H26N6O/c1-12(2)22-18(25)20-9-5-6-10-24-11-21-15-16(24)13-7-3-4-8-14(13)23-17(15)19/h3-4,7-8,12,21H,5-6,9-11H2,1-2H3,(H2,19,23)(H2,20,22,25). The molecule has 2 amide bonds. The Hall–Kier alpha value is -2.70. The van der Waals surface area contributed by atoms with Crippen LogP contribution in [0, 0.1) is 0 Å². The molecule has 25 heavy (non-hydrogen) atoms. The molecule has 7 nitrogen and oxygen atoms in total. The molecule has 0 atom stereocenters. The summed E-state index contributed by atoms with van der Waals surface area (Å²) in [4.78, 5) is 18.3. The van der Waals surface area contributed by atoms with Crippen LogP contribution in [0.2, 0.25) is 0 Å². The topological polar surface area (TPSA) is 95.3 Å². The van der Waals surface area contributed by atoms with Gasteiger partial charge in [0.1, 0.15) is 11.5 Å². The van der Waals surface area contributed by atoms with E-state index >= 15 is 0 Å². The average Bonchev–Trinajstić information content (AvgIpc) is 2.99. The predicted molar refractivity (Wildman–Crippen MR) is 103 cm³/mol. The zero-order valence-electron chi connectivity index (χ0n) is 14.8. The summed E-state index contributed by atoms with van der Waals surface area (Å²) in [5.41, 5.74) is 9.07. The number of nitrogens with one attached hydrogen (secondary N) is 3. The van der Waals surface area contributed by atoms with E-state index in [4.69, 9.17) is 5.73 Å². The van der Waals surface area contributed by atoms with Gasteiger partial charge in [-0.15, -0.1) is 0 Å². The number of amides is 2. The van der Waals surface area contributed by atoms with E-state index in [0.29, 0.717) is 12.4 Å². The quantitative estimate of drug-likeness (QED) is 0.605. The van der Waals surface area contributed by atoms with E-state index in [1.54, 1.807) is 0 Å². The minimum Gasteiger partial charge on any atom is -0.382 e. The fourth-order valence-corrected chi connectivity index (χ4v) is 3.10. The maximum absolute atomic E-state index is 11.6. The Kier molecular flexibility index (Phi) is 5.11. The molecular formula is C18H26N6O. The zero-order valence-corrected chi connectivity index (χ0v) is 14.8. The number of carbonyl (C=O) groups excluding carboxylic acids is 1. The molecule has 1 aliphatic heterocycles. The van der Waals surface area contributed by atoms with Crippen LogP contribution in [0.3, 0.4) is 0 Å². The molecule has 0 saturated heterocycles. The highest BCUT2D eigenvalue weighted by Gasteiger charge is 2.24. The molecule has 0 saturated carbocycles. The molecule has 134 valence electrons. The third kappa shape index (κ3) is 3.87. The SMILES string of the molecule is CC(C)NC(=O)NCCCCN1CNc2c(N)nc3ccccc3c21. The molecule has 0 bridgehead atoms. The number of hydrogen-bond acceptors (Lipinski definition) is 5. The van der Waals surface area contributed by atoms with Crippen molar-refractivity contribution in [1.29, 1.82) is 0 Å². The van der Waals surface area contributed by atoms with Gasteiger partial charge in [0.15, 0.2) is 0 Å². The van der Waals surface area contributed by atoms with Crippen LogP contribution in [0.25, 0.3) is 10.9 Å². The molecule has 0 unspecified atom stereocenters. The first kappa shape index (κ1) is 17.1. The number of pyridine rings is 1. The minimum atomic E-state index is -0.104. The Labute approximate surface area is 148 Å². The number of fused-ring (bicyclic) bond motifs is 3. The monoisotopic (exact) mass is 342 g/mol. The Bertz CT molecular complexity index is 761. The van der Waals surface area contributed by atoms with Gasteiger partial charge in [-0.3, -0.25) is 0 Å². The van der Waals surface area contributed by atoms with Gasteiger partial charge in [0, 0.05) is 24.5 Å². The van der Waals surface area contributed by atoms with Crippen molar-refractivity contribution < 1.29 is 4.79 Å². The number of aromatic nitrogens is 1. The van der Waals surface area contributed by atoms with Crippen molar-refractivity contribution in [2.45, 2.75) is 32.7 Å². The zero-order chi connectivity index (χ0) is 17.8. The number of hydrogen-bond donors (Lipinski definition) is 4. The van der Waals surface area contributed by atoms with Crippen molar-refractivity contribution in [3.8, 4) is 0 Å². The Morgan fingerprint density at radius 2 is 2.16 bits per heavy atom. The van der Waals surface area contributed by atoms with Crippen LogP contribution in [-0.4, -0.2) is 36.8 Å². The second kappa shape index (κ2) is 7.46. The number of nitrogens with zero attached hydrogens (tertiary/aromatic N) is 2. The van der Waals surface area contributed by atoms with Crippen LogP contribution in [-0.2, 0) is 0 Å². The Balaban J connectivity index is 1.58. The first-order valence-corrected chi connectivity index (χ1v) is 8.77. The lowest BCUT2D eigenvalue weighted by Crippen LogP contribution is -2.39. The second-order valence-corrected chi connectivity index (χ2v) is 6.60. The highest BCUT2D eigenvalue weighted by Crippen LogP contribution is 2.40. The number of nitrogen functional groups attached to an aromatic ring is 1. The van der Waals surface area contributed by atoms with E-state index in [9.17, 15) is 4.79 Å². The molecule has 0 aliphatic carbocycles. The number of para-hydroxylation sites is 1. The number of rotatable bonds is 6. The summed E-state index contributed by atoms with van der Waals surface area (Å²) in [5.74, 6) is 0.545. The molecule has 1 aromatic carbocycles. The van der Waals surface area contributed by atoms with Crippen LogP contribution >= 0.6 is 0 Å². The van der Waals surface area contributed by atoms with Gasteiger partial charge >= 0.3 is 6.03 Å². The molecule has 0 fully saturated rings. The van der Waals surface area contributed by atoms with Gasteiger partial charge in [0.2, 0.25) is 0 Å².